The number of hydrogen-bond donors (Lipinski definition) is 1. The van der Waals surface area contributed by atoms with Gasteiger partial charge in [-0.3, -0.25) is 0 Å². The molecule has 9 heteroatoms. The minimum absolute atomic E-state index is 0.0403. The molecule has 24 heavy (non-hydrogen) atoms. The summed E-state index contributed by atoms with van der Waals surface area (Å²) >= 11 is 0. The first-order chi connectivity index (χ1) is 11.5. The van der Waals surface area contributed by atoms with E-state index < -0.39 is 10.0 Å². The van der Waals surface area contributed by atoms with Crippen LogP contribution in [0, 0.1) is 6.92 Å². The Labute approximate surface area is 137 Å². The fraction of sp³-hybridized carbons (Fsp3) is 0.333. The number of nitrogens with zero attached hydrogens (tertiary/aromatic N) is 2. The summed E-state index contributed by atoms with van der Waals surface area (Å²) < 4.78 is 43.2. The van der Waals surface area contributed by atoms with E-state index in [4.69, 9.17) is 13.3 Å². The SMILES string of the molecule is Cc1ccc(CNS(=O)(=O)c2ccc(-c3nnc(C4CC4)o3)o2)o1. The highest BCUT2D eigenvalue weighted by Gasteiger charge is 2.30. The Bertz CT molecular complexity index is 965. The fourth-order valence-corrected chi connectivity index (χ4v) is 3.15. The van der Waals surface area contributed by atoms with Gasteiger partial charge in [-0.2, -0.15) is 0 Å². The first-order valence-electron chi connectivity index (χ1n) is 7.50. The van der Waals surface area contributed by atoms with Gasteiger partial charge in [0.15, 0.2) is 5.76 Å². The zero-order chi connectivity index (χ0) is 16.7. The number of rotatable bonds is 6. The van der Waals surface area contributed by atoms with Crippen molar-refractivity contribution in [2.75, 3.05) is 0 Å². The molecule has 4 rings (SSSR count). The molecule has 1 aliphatic carbocycles. The van der Waals surface area contributed by atoms with Crippen LogP contribution in [-0.4, -0.2) is 18.6 Å². The standard InChI is InChI=1S/C15H15N3O5S/c1-9-2-5-11(21-9)8-16-24(19,20)13-7-6-12(22-13)15-18-17-14(23-15)10-3-4-10/h2,5-7,10,16H,3-4,8H2,1H3. The highest BCUT2D eigenvalue weighted by Crippen LogP contribution is 2.40. The molecule has 0 saturated heterocycles. The largest absolute Gasteiger partial charge is 0.465 e. The zero-order valence-electron chi connectivity index (χ0n) is 12.9. The predicted octanol–water partition coefficient (Wildman–Crippen LogP) is 2.59. The lowest BCUT2D eigenvalue weighted by atomic mass is 10.4. The Kier molecular flexibility index (Phi) is 3.54. The second-order valence-electron chi connectivity index (χ2n) is 5.68. The number of hydrogen-bond acceptors (Lipinski definition) is 7. The molecular formula is C15H15N3O5S. The van der Waals surface area contributed by atoms with Gasteiger partial charge in [0.05, 0.1) is 6.54 Å². The van der Waals surface area contributed by atoms with Crippen LogP contribution in [0.25, 0.3) is 11.7 Å². The van der Waals surface area contributed by atoms with E-state index in [0.717, 1.165) is 12.8 Å². The smallest absolute Gasteiger partial charge is 0.283 e. The van der Waals surface area contributed by atoms with Crippen LogP contribution in [0.4, 0.5) is 0 Å². The maximum Gasteiger partial charge on any atom is 0.283 e. The van der Waals surface area contributed by atoms with Crippen molar-refractivity contribution < 1.29 is 21.7 Å². The third-order valence-electron chi connectivity index (χ3n) is 3.66. The van der Waals surface area contributed by atoms with Crippen LogP contribution in [0.1, 0.15) is 36.2 Å². The average molecular weight is 349 g/mol. The fourth-order valence-electron chi connectivity index (χ4n) is 2.23. The summed E-state index contributed by atoms with van der Waals surface area (Å²) in [4.78, 5) is 0. The van der Waals surface area contributed by atoms with E-state index >= 15 is 0 Å². The molecule has 0 atom stereocenters. The van der Waals surface area contributed by atoms with E-state index in [2.05, 4.69) is 14.9 Å². The Hall–Kier alpha value is -2.39. The van der Waals surface area contributed by atoms with Gasteiger partial charge in [0, 0.05) is 5.92 Å². The summed E-state index contributed by atoms with van der Waals surface area (Å²) in [5.41, 5.74) is 0. The van der Waals surface area contributed by atoms with Crippen molar-refractivity contribution in [3.05, 3.63) is 41.7 Å². The van der Waals surface area contributed by atoms with Gasteiger partial charge < -0.3 is 13.3 Å². The van der Waals surface area contributed by atoms with E-state index in [1.54, 1.807) is 19.1 Å². The van der Waals surface area contributed by atoms with E-state index in [1.807, 2.05) is 0 Å². The maximum absolute atomic E-state index is 12.3. The van der Waals surface area contributed by atoms with Crippen molar-refractivity contribution in [2.45, 2.75) is 37.3 Å². The van der Waals surface area contributed by atoms with Crippen molar-refractivity contribution in [3.63, 3.8) is 0 Å². The Balaban J connectivity index is 1.49. The molecule has 0 aromatic carbocycles. The summed E-state index contributed by atoms with van der Waals surface area (Å²) in [7, 11) is -3.80. The van der Waals surface area contributed by atoms with E-state index in [9.17, 15) is 8.42 Å². The normalized spacial score (nSPS) is 15.0. The summed E-state index contributed by atoms with van der Waals surface area (Å²) in [6, 6.07) is 6.33. The van der Waals surface area contributed by atoms with Crippen molar-refractivity contribution in [2.24, 2.45) is 0 Å². The van der Waals surface area contributed by atoms with Gasteiger partial charge in [-0.1, -0.05) is 0 Å². The Morgan fingerprint density at radius 3 is 2.67 bits per heavy atom. The molecule has 1 fully saturated rings. The number of sulfonamides is 1. The molecule has 1 saturated carbocycles. The molecular weight excluding hydrogens is 334 g/mol. The zero-order valence-corrected chi connectivity index (χ0v) is 13.7. The van der Waals surface area contributed by atoms with Crippen LogP contribution in [0.3, 0.4) is 0 Å². The molecule has 0 radical (unpaired) electrons. The van der Waals surface area contributed by atoms with Gasteiger partial charge >= 0.3 is 0 Å². The van der Waals surface area contributed by atoms with Gasteiger partial charge in [-0.25, -0.2) is 13.1 Å². The summed E-state index contributed by atoms with van der Waals surface area (Å²) in [5.74, 6) is 2.53. The second-order valence-corrected chi connectivity index (χ2v) is 7.37. The van der Waals surface area contributed by atoms with Gasteiger partial charge in [0.25, 0.3) is 15.9 Å². The quantitative estimate of drug-likeness (QED) is 0.728. The Morgan fingerprint density at radius 2 is 1.96 bits per heavy atom. The lowest BCUT2D eigenvalue weighted by molar-refractivity contribution is 0.428. The topological polar surface area (TPSA) is 111 Å². The predicted molar refractivity (Wildman–Crippen MR) is 81.4 cm³/mol. The highest BCUT2D eigenvalue weighted by molar-refractivity contribution is 7.89. The lowest BCUT2D eigenvalue weighted by Gasteiger charge is -2.01. The molecule has 0 spiro atoms. The third kappa shape index (κ3) is 3.00. The second kappa shape index (κ2) is 5.60. The van der Waals surface area contributed by atoms with Gasteiger partial charge in [-0.15, -0.1) is 10.2 Å². The molecule has 3 heterocycles. The van der Waals surface area contributed by atoms with Crippen LogP contribution >= 0.6 is 0 Å². The number of aromatic nitrogens is 2. The molecule has 8 nitrogen and oxygen atoms in total. The molecule has 0 amide bonds. The first-order valence-corrected chi connectivity index (χ1v) is 8.98. The molecule has 1 aliphatic rings. The monoisotopic (exact) mass is 349 g/mol. The van der Waals surface area contributed by atoms with Crippen molar-refractivity contribution in [3.8, 4) is 11.7 Å². The molecule has 0 bridgehead atoms. The molecule has 1 N–H and O–H groups in total. The van der Waals surface area contributed by atoms with Crippen molar-refractivity contribution in [1.29, 1.82) is 0 Å². The highest BCUT2D eigenvalue weighted by atomic mass is 32.2. The lowest BCUT2D eigenvalue weighted by Crippen LogP contribution is -2.22. The number of nitrogens with one attached hydrogen (secondary N) is 1. The molecule has 0 unspecified atom stereocenters. The van der Waals surface area contributed by atoms with Gasteiger partial charge in [0.2, 0.25) is 11.0 Å². The molecule has 0 aliphatic heterocycles. The average Bonchev–Trinajstić information content (AvgIpc) is 2.97. The molecule has 126 valence electrons. The Morgan fingerprint density at radius 1 is 1.12 bits per heavy atom. The maximum atomic E-state index is 12.3. The van der Waals surface area contributed by atoms with Crippen LogP contribution in [0.5, 0.6) is 0 Å². The minimum Gasteiger partial charge on any atom is -0.465 e. The first kappa shape index (κ1) is 15.2. The number of aryl methyl sites for hydroxylation is 1. The van der Waals surface area contributed by atoms with Crippen LogP contribution < -0.4 is 4.72 Å². The van der Waals surface area contributed by atoms with E-state index in [1.165, 1.54) is 12.1 Å². The van der Waals surface area contributed by atoms with Crippen molar-refractivity contribution in [1.82, 2.24) is 14.9 Å². The van der Waals surface area contributed by atoms with Crippen LogP contribution in [-0.2, 0) is 16.6 Å². The molecule has 3 aromatic heterocycles. The van der Waals surface area contributed by atoms with Crippen LogP contribution in [0.15, 0.2) is 42.6 Å². The summed E-state index contributed by atoms with van der Waals surface area (Å²) in [6.07, 6.45) is 2.07. The van der Waals surface area contributed by atoms with E-state index in [-0.39, 0.29) is 23.3 Å². The van der Waals surface area contributed by atoms with E-state index in [0.29, 0.717) is 23.3 Å². The minimum atomic E-state index is -3.80. The van der Waals surface area contributed by atoms with Gasteiger partial charge in [-0.05, 0) is 44.0 Å². The number of furan rings is 2. The summed E-state index contributed by atoms with van der Waals surface area (Å²) in [6.45, 7) is 1.83. The third-order valence-corrected chi connectivity index (χ3v) is 4.93. The van der Waals surface area contributed by atoms with Crippen LogP contribution in [0.2, 0.25) is 0 Å². The summed E-state index contributed by atoms with van der Waals surface area (Å²) in [5, 5.41) is 7.63. The van der Waals surface area contributed by atoms with Crippen molar-refractivity contribution >= 4 is 10.0 Å². The van der Waals surface area contributed by atoms with Gasteiger partial charge in [0.1, 0.15) is 11.5 Å². The molecule has 3 aromatic rings.